The lowest BCUT2D eigenvalue weighted by atomic mass is 10.1. The van der Waals surface area contributed by atoms with Crippen molar-refractivity contribution in [3.8, 4) is 0 Å². The molecular weight excluding hydrogens is 226 g/mol. The summed E-state index contributed by atoms with van der Waals surface area (Å²) in [6.45, 7) is 5.61. The molecule has 96 valence electrons. The van der Waals surface area contributed by atoms with E-state index in [1.165, 1.54) is 0 Å². The van der Waals surface area contributed by atoms with Gasteiger partial charge in [-0.1, -0.05) is 26.0 Å². The second-order valence-corrected chi connectivity index (χ2v) is 4.52. The molecule has 1 aromatic heterocycles. The van der Waals surface area contributed by atoms with Gasteiger partial charge in [0.2, 0.25) is 0 Å². The van der Waals surface area contributed by atoms with Crippen molar-refractivity contribution in [1.82, 2.24) is 9.97 Å². The number of nitrogens with one attached hydrogen (secondary N) is 1. The quantitative estimate of drug-likeness (QED) is 0.823. The van der Waals surface area contributed by atoms with Crippen molar-refractivity contribution in [2.24, 2.45) is 0 Å². The number of nitrogens with zero attached hydrogens (tertiary/aromatic N) is 2. The Morgan fingerprint density at radius 3 is 2.72 bits per heavy atom. The molecule has 0 spiro atoms. The Kier molecular flexibility index (Phi) is 4.10. The molecule has 2 aromatic rings. The van der Waals surface area contributed by atoms with Gasteiger partial charge in [0.05, 0.1) is 12.1 Å². The lowest BCUT2D eigenvalue weighted by Gasteiger charge is -2.11. The second kappa shape index (κ2) is 5.78. The second-order valence-electron chi connectivity index (χ2n) is 4.52. The predicted octanol–water partition coefficient (Wildman–Crippen LogP) is 2.81. The van der Waals surface area contributed by atoms with Crippen LogP contribution in [0, 0.1) is 0 Å². The molecular formula is C14H19N3O. The molecule has 0 bridgehead atoms. The molecule has 0 atom stereocenters. The monoisotopic (exact) mass is 245 g/mol. The lowest BCUT2D eigenvalue weighted by Crippen LogP contribution is -2.11. The summed E-state index contributed by atoms with van der Waals surface area (Å²) in [6, 6.07) is 8.06. The summed E-state index contributed by atoms with van der Waals surface area (Å²) in [6.07, 6.45) is 0. The number of methoxy groups -OCH3 is 1. The van der Waals surface area contributed by atoms with E-state index < -0.39 is 0 Å². The summed E-state index contributed by atoms with van der Waals surface area (Å²) in [5.74, 6) is 2.08. The SMILES string of the molecule is COCCNc1nc(C(C)C)nc2ccccc12. The first-order valence-corrected chi connectivity index (χ1v) is 6.22. The number of aromatic nitrogens is 2. The Bertz CT molecular complexity index is 525. The van der Waals surface area contributed by atoms with Crippen LogP contribution in [0.4, 0.5) is 5.82 Å². The van der Waals surface area contributed by atoms with E-state index in [0.717, 1.165) is 29.1 Å². The average Bonchev–Trinajstić information content (AvgIpc) is 2.38. The van der Waals surface area contributed by atoms with Crippen LogP contribution in [0.15, 0.2) is 24.3 Å². The molecule has 2 rings (SSSR count). The molecule has 18 heavy (non-hydrogen) atoms. The van der Waals surface area contributed by atoms with Crippen LogP contribution in [-0.4, -0.2) is 30.2 Å². The largest absolute Gasteiger partial charge is 0.383 e. The van der Waals surface area contributed by atoms with E-state index in [4.69, 9.17) is 4.74 Å². The van der Waals surface area contributed by atoms with E-state index in [-0.39, 0.29) is 0 Å². The van der Waals surface area contributed by atoms with Gasteiger partial charge in [-0.15, -0.1) is 0 Å². The molecule has 4 heteroatoms. The minimum Gasteiger partial charge on any atom is -0.383 e. The summed E-state index contributed by atoms with van der Waals surface area (Å²) in [7, 11) is 1.69. The number of ether oxygens (including phenoxy) is 1. The van der Waals surface area contributed by atoms with Gasteiger partial charge in [0.25, 0.3) is 0 Å². The summed E-state index contributed by atoms with van der Waals surface area (Å²) < 4.78 is 5.05. The van der Waals surface area contributed by atoms with Gasteiger partial charge in [-0.3, -0.25) is 0 Å². The van der Waals surface area contributed by atoms with Crippen molar-refractivity contribution in [2.45, 2.75) is 19.8 Å². The van der Waals surface area contributed by atoms with Crippen molar-refractivity contribution in [3.63, 3.8) is 0 Å². The van der Waals surface area contributed by atoms with Gasteiger partial charge in [0.15, 0.2) is 0 Å². The van der Waals surface area contributed by atoms with E-state index in [2.05, 4.69) is 29.1 Å². The smallest absolute Gasteiger partial charge is 0.137 e. The van der Waals surface area contributed by atoms with Gasteiger partial charge in [-0.05, 0) is 12.1 Å². The van der Waals surface area contributed by atoms with Crippen LogP contribution in [0.3, 0.4) is 0 Å². The molecule has 0 unspecified atom stereocenters. The Hall–Kier alpha value is -1.68. The van der Waals surface area contributed by atoms with Gasteiger partial charge in [-0.25, -0.2) is 9.97 Å². The van der Waals surface area contributed by atoms with Crippen molar-refractivity contribution in [3.05, 3.63) is 30.1 Å². The van der Waals surface area contributed by atoms with Crippen LogP contribution in [0.25, 0.3) is 10.9 Å². The van der Waals surface area contributed by atoms with Crippen molar-refractivity contribution < 1.29 is 4.74 Å². The molecule has 1 heterocycles. The highest BCUT2D eigenvalue weighted by atomic mass is 16.5. The number of benzene rings is 1. The molecule has 0 radical (unpaired) electrons. The zero-order valence-corrected chi connectivity index (χ0v) is 11.1. The van der Waals surface area contributed by atoms with E-state index in [0.29, 0.717) is 12.5 Å². The average molecular weight is 245 g/mol. The van der Waals surface area contributed by atoms with Gasteiger partial charge < -0.3 is 10.1 Å². The Morgan fingerprint density at radius 1 is 1.22 bits per heavy atom. The van der Waals surface area contributed by atoms with Gasteiger partial charge >= 0.3 is 0 Å². The van der Waals surface area contributed by atoms with Gasteiger partial charge in [0.1, 0.15) is 11.6 Å². The summed E-state index contributed by atoms with van der Waals surface area (Å²) in [4.78, 5) is 9.18. The first-order chi connectivity index (χ1) is 8.72. The fourth-order valence-electron chi connectivity index (χ4n) is 1.76. The van der Waals surface area contributed by atoms with E-state index in [1.54, 1.807) is 7.11 Å². The van der Waals surface area contributed by atoms with Crippen LogP contribution in [-0.2, 0) is 4.74 Å². The molecule has 0 fully saturated rings. The van der Waals surface area contributed by atoms with E-state index in [9.17, 15) is 0 Å². The molecule has 4 nitrogen and oxygen atoms in total. The van der Waals surface area contributed by atoms with E-state index >= 15 is 0 Å². The summed E-state index contributed by atoms with van der Waals surface area (Å²) in [5.41, 5.74) is 0.983. The standard InChI is InChI=1S/C14H19N3O/c1-10(2)13-16-12-7-5-4-6-11(12)14(17-13)15-8-9-18-3/h4-7,10H,8-9H2,1-3H3,(H,15,16,17). The molecule has 0 aliphatic rings. The molecule has 1 N–H and O–H groups in total. The highest BCUT2D eigenvalue weighted by molar-refractivity contribution is 5.89. The molecule has 0 aliphatic heterocycles. The highest BCUT2D eigenvalue weighted by Gasteiger charge is 2.09. The van der Waals surface area contributed by atoms with Crippen LogP contribution >= 0.6 is 0 Å². The third-order valence-corrected chi connectivity index (χ3v) is 2.74. The number of fused-ring (bicyclic) bond motifs is 1. The first-order valence-electron chi connectivity index (χ1n) is 6.22. The van der Waals surface area contributed by atoms with Crippen molar-refractivity contribution >= 4 is 16.7 Å². The minimum atomic E-state index is 0.317. The number of hydrogen-bond acceptors (Lipinski definition) is 4. The molecule has 0 saturated heterocycles. The van der Waals surface area contributed by atoms with E-state index in [1.807, 2.05) is 24.3 Å². The highest BCUT2D eigenvalue weighted by Crippen LogP contribution is 2.22. The number of rotatable bonds is 5. The maximum absolute atomic E-state index is 5.05. The zero-order valence-electron chi connectivity index (χ0n) is 11.1. The maximum atomic E-state index is 5.05. The zero-order chi connectivity index (χ0) is 13.0. The number of anilines is 1. The number of para-hydroxylation sites is 1. The first kappa shape index (κ1) is 12.8. The Balaban J connectivity index is 2.40. The molecule has 0 amide bonds. The van der Waals surface area contributed by atoms with Gasteiger partial charge in [-0.2, -0.15) is 0 Å². The third-order valence-electron chi connectivity index (χ3n) is 2.74. The topological polar surface area (TPSA) is 47.0 Å². The molecule has 1 aromatic carbocycles. The van der Waals surface area contributed by atoms with Crippen LogP contribution in [0.5, 0.6) is 0 Å². The van der Waals surface area contributed by atoms with Crippen LogP contribution < -0.4 is 5.32 Å². The Labute approximate surface area is 107 Å². The van der Waals surface area contributed by atoms with Crippen LogP contribution in [0.1, 0.15) is 25.6 Å². The van der Waals surface area contributed by atoms with Crippen molar-refractivity contribution in [2.75, 3.05) is 25.6 Å². The normalized spacial score (nSPS) is 11.1. The van der Waals surface area contributed by atoms with Crippen molar-refractivity contribution in [1.29, 1.82) is 0 Å². The Morgan fingerprint density at radius 2 is 2.00 bits per heavy atom. The maximum Gasteiger partial charge on any atom is 0.137 e. The lowest BCUT2D eigenvalue weighted by molar-refractivity contribution is 0.210. The molecule has 0 aliphatic carbocycles. The third kappa shape index (κ3) is 2.76. The van der Waals surface area contributed by atoms with Gasteiger partial charge in [0, 0.05) is 25.0 Å². The predicted molar refractivity (Wildman–Crippen MR) is 74.0 cm³/mol. The molecule has 0 saturated carbocycles. The summed E-state index contributed by atoms with van der Waals surface area (Å²) >= 11 is 0. The van der Waals surface area contributed by atoms with Crippen LogP contribution in [0.2, 0.25) is 0 Å². The minimum absolute atomic E-state index is 0.317. The fourth-order valence-corrected chi connectivity index (χ4v) is 1.76. The number of hydrogen-bond donors (Lipinski definition) is 1. The fraction of sp³-hybridized carbons (Fsp3) is 0.429. The summed E-state index contributed by atoms with van der Waals surface area (Å²) in [5, 5.41) is 4.36.